The molecule has 0 saturated carbocycles. The molecule has 3 rings (SSSR count). The summed E-state index contributed by atoms with van der Waals surface area (Å²) >= 11 is 0. The van der Waals surface area contributed by atoms with Gasteiger partial charge in [0.2, 0.25) is 0 Å². The Hall–Kier alpha value is -2.64. The van der Waals surface area contributed by atoms with Crippen LogP contribution in [0, 0.1) is 5.92 Å². The summed E-state index contributed by atoms with van der Waals surface area (Å²) in [6.45, 7) is 3.86. The molecular formula is C22H25NO5S. The van der Waals surface area contributed by atoms with Crippen molar-refractivity contribution in [2.24, 2.45) is 5.92 Å². The Kier molecular flexibility index (Phi) is 6.71. The van der Waals surface area contributed by atoms with E-state index in [1.165, 1.54) is 22.6 Å². The van der Waals surface area contributed by atoms with Gasteiger partial charge in [0, 0.05) is 12.6 Å². The number of carbonyl (C=O) groups is 1. The minimum Gasteiger partial charge on any atom is -0.466 e. The van der Waals surface area contributed by atoms with E-state index in [-0.39, 0.29) is 30.0 Å². The molecular weight excluding hydrogens is 390 g/mol. The number of esters is 1. The van der Waals surface area contributed by atoms with Gasteiger partial charge in [-0.05, 0) is 31.5 Å². The fourth-order valence-electron chi connectivity index (χ4n) is 3.21. The van der Waals surface area contributed by atoms with Gasteiger partial charge in [-0.3, -0.25) is 4.79 Å². The van der Waals surface area contributed by atoms with Crippen LogP contribution in [0.3, 0.4) is 0 Å². The first-order valence-corrected chi connectivity index (χ1v) is 11.0. The molecule has 1 heterocycles. The third-order valence-electron chi connectivity index (χ3n) is 4.74. The first-order chi connectivity index (χ1) is 13.9. The summed E-state index contributed by atoms with van der Waals surface area (Å²) in [6, 6.07) is 17.7. The molecule has 6 nitrogen and oxygen atoms in total. The number of nitrogens with zero attached hydrogens (tertiary/aromatic N) is 1. The normalized spacial score (nSPS) is 20.3. The second kappa shape index (κ2) is 9.24. The topological polar surface area (TPSA) is 72.9 Å². The third-order valence-corrected chi connectivity index (χ3v) is 6.52. The van der Waals surface area contributed by atoms with Crippen molar-refractivity contribution in [3.05, 3.63) is 78.5 Å². The van der Waals surface area contributed by atoms with Crippen LogP contribution in [0.15, 0.2) is 77.8 Å². The Morgan fingerprint density at radius 3 is 2.34 bits per heavy atom. The molecule has 0 N–H and O–H groups in total. The zero-order valence-electron chi connectivity index (χ0n) is 16.5. The Morgan fingerprint density at radius 1 is 1.10 bits per heavy atom. The highest BCUT2D eigenvalue weighted by Gasteiger charge is 2.37. The first kappa shape index (κ1) is 21.1. The van der Waals surface area contributed by atoms with E-state index < -0.39 is 22.2 Å². The summed E-state index contributed by atoms with van der Waals surface area (Å²) in [7, 11) is -3.83. The lowest BCUT2D eigenvalue weighted by Gasteiger charge is -2.36. The van der Waals surface area contributed by atoms with Gasteiger partial charge < -0.3 is 9.47 Å². The number of hydrogen-bond acceptors (Lipinski definition) is 5. The van der Waals surface area contributed by atoms with Gasteiger partial charge in [-0.15, -0.1) is 0 Å². The van der Waals surface area contributed by atoms with Crippen LogP contribution in [0.4, 0.5) is 0 Å². The molecule has 29 heavy (non-hydrogen) atoms. The highest BCUT2D eigenvalue weighted by molar-refractivity contribution is 7.89. The number of rotatable bonds is 7. The van der Waals surface area contributed by atoms with Gasteiger partial charge in [-0.25, -0.2) is 12.7 Å². The van der Waals surface area contributed by atoms with Crippen molar-refractivity contribution in [1.29, 1.82) is 0 Å². The minimum absolute atomic E-state index is 0.167. The number of carbonyl (C=O) groups excluding carboxylic acids is 1. The van der Waals surface area contributed by atoms with Crippen molar-refractivity contribution in [2.75, 3.05) is 6.61 Å². The van der Waals surface area contributed by atoms with Gasteiger partial charge in [0.25, 0.3) is 10.0 Å². The van der Waals surface area contributed by atoms with Crippen LogP contribution in [0.25, 0.3) is 0 Å². The summed E-state index contributed by atoms with van der Waals surface area (Å²) in [4.78, 5) is 12.4. The van der Waals surface area contributed by atoms with Crippen molar-refractivity contribution in [3.63, 3.8) is 0 Å². The molecule has 7 heteroatoms. The summed E-state index contributed by atoms with van der Waals surface area (Å²) in [6.07, 6.45) is 1.96. The van der Waals surface area contributed by atoms with E-state index in [4.69, 9.17) is 9.47 Å². The van der Waals surface area contributed by atoms with E-state index in [2.05, 4.69) is 0 Å². The Morgan fingerprint density at radius 2 is 1.72 bits per heavy atom. The summed E-state index contributed by atoms with van der Waals surface area (Å²) < 4.78 is 38.8. The van der Waals surface area contributed by atoms with Crippen LogP contribution in [0.2, 0.25) is 0 Å². The van der Waals surface area contributed by atoms with Crippen LogP contribution in [-0.4, -0.2) is 31.5 Å². The van der Waals surface area contributed by atoms with Crippen LogP contribution < -0.4 is 0 Å². The highest BCUT2D eigenvalue weighted by atomic mass is 32.2. The van der Waals surface area contributed by atoms with E-state index in [9.17, 15) is 13.2 Å². The average Bonchev–Trinajstić information content (AvgIpc) is 2.75. The van der Waals surface area contributed by atoms with Crippen molar-refractivity contribution in [3.8, 4) is 0 Å². The molecule has 0 amide bonds. The second-order valence-corrected chi connectivity index (χ2v) is 8.57. The zero-order valence-corrected chi connectivity index (χ0v) is 17.3. The predicted octanol–water partition coefficient (Wildman–Crippen LogP) is 3.88. The van der Waals surface area contributed by atoms with Crippen molar-refractivity contribution >= 4 is 16.0 Å². The molecule has 1 aliphatic heterocycles. The number of benzene rings is 2. The van der Waals surface area contributed by atoms with Gasteiger partial charge in [0.15, 0.2) is 0 Å². The number of sulfonamides is 1. The fraction of sp³-hybridized carbons (Fsp3) is 0.318. The molecule has 1 aliphatic rings. The summed E-state index contributed by atoms with van der Waals surface area (Å²) in [5.74, 6) is -0.952. The molecule has 2 aromatic carbocycles. The molecule has 0 bridgehead atoms. The predicted molar refractivity (Wildman–Crippen MR) is 109 cm³/mol. The fourth-order valence-corrected chi connectivity index (χ4v) is 4.63. The number of hydrogen-bond donors (Lipinski definition) is 0. The monoisotopic (exact) mass is 415 g/mol. The average molecular weight is 416 g/mol. The van der Waals surface area contributed by atoms with E-state index in [0.717, 1.165) is 5.56 Å². The minimum atomic E-state index is -3.83. The standard InChI is InChI=1S/C22H25NO5S/c1-3-27-22(24)19-14-15-23(29(25,26)20-12-8-5-9-13-20)21(16-19)28-17(2)18-10-6-4-7-11-18/h4-15,17,19,21H,3,16H2,1-2H3/t17-,19-,21-/m1/s1. The van der Waals surface area contributed by atoms with Crippen LogP contribution in [0.1, 0.15) is 31.9 Å². The lowest BCUT2D eigenvalue weighted by Crippen LogP contribution is -2.43. The summed E-state index contributed by atoms with van der Waals surface area (Å²) in [5.41, 5.74) is 0.923. The van der Waals surface area contributed by atoms with E-state index in [0.29, 0.717) is 0 Å². The largest absolute Gasteiger partial charge is 0.466 e. The van der Waals surface area contributed by atoms with E-state index in [1.54, 1.807) is 31.2 Å². The van der Waals surface area contributed by atoms with Crippen LogP contribution >= 0.6 is 0 Å². The first-order valence-electron chi connectivity index (χ1n) is 9.57. The molecule has 0 saturated heterocycles. The quantitative estimate of drug-likeness (QED) is 0.642. The smallest absolute Gasteiger partial charge is 0.313 e. The Labute approximate surface area is 171 Å². The van der Waals surface area contributed by atoms with E-state index >= 15 is 0 Å². The maximum atomic E-state index is 13.2. The molecule has 2 aromatic rings. The molecule has 154 valence electrons. The Balaban J connectivity index is 1.91. The maximum Gasteiger partial charge on any atom is 0.313 e. The molecule has 0 aliphatic carbocycles. The maximum absolute atomic E-state index is 13.2. The SMILES string of the molecule is CCOC(=O)[C@@H]1C=CN(S(=O)(=O)c2ccccc2)[C@H](O[C@H](C)c2ccccc2)C1. The third kappa shape index (κ3) is 4.86. The number of ether oxygens (including phenoxy) is 2. The Bertz CT molecular complexity index is 944. The highest BCUT2D eigenvalue weighted by Crippen LogP contribution is 2.31. The van der Waals surface area contributed by atoms with Crippen LogP contribution in [0.5, 0.6) is 0 Å². The van der Waals surface area contributed by atoms with Gasteiger partial charge in [-0.2, -0.15) is 0 Å². The molecule has 0 unspecified atom stereocenters. The second-order valence-electron chi connectivity index (χ2n) is 6.73. The molecule has 0 fully saturated rings. The van der Waals surface area contributed by atoms with Gasteiger partial charge >= 0.3 is 5.97 Å². The molecule has 0 radical (unpaired) electrons. The van der Waals surface area contributed by atoms with Gasteiger partial charge in [-0.1, -0.05) is 54.6 Å². The zero-order chi connectivity index (χ0) is 20.9. The molecule has 3 atom stereocenters. The summed E-state index contributed by atoms with van der Waals surface area (Å²) in [5, 5.41) is 0. The van der Waals surface area contributed by atoms with Gasteiger partial charge in [0.05, 0.1) is 23.5 Å². The lowest BCUT2D eigenvalue weighted by molar-refractivity contribution is -0.150. The molecule has 0 aromatic heterocycles. The van der Waals surface area contributed by atoms with Crippen molar-refractivity contribution in [2.45, 2.75) is 37.5 Å². The van der Waals surface area contributed by atoms with Gasteiger partial charge in [0.1, 0.15) is 6.23 Å². The van der Waals surface area contributed by atoms with Crippen LogP contribution in [-0.2, 0) is 24.3 Å². The lowest BCUT2D eigenvalue weighted by atomic mass is 10.0. The van der Waals surface area contributed by atoms with Crippen molar-refractivity contribution in [1.82, 2.24) is 4.31 Å². The molecule has 0 spiro atoms. The van der Waals surface area contributed by atoms with Crippen molar-refractivity contribution < 1.29 is 22.7 Å². The van der Waals surface area contributed by atoms with E-state index in [1.807, 2.05) is 37.3 Å².